The second-order valence-electron chi connectivity index (χ2n) is 5.19. The molecule has 1 aromatic heterocycles. The van der Waals surface area contributed by atoms with E-state index in [1.807, 2.05) is 11.3 Å². The van der Waals surface area contributed by atoms with E-state index in [4.69, 9.17) is 0 Å². The van der Waals surface area contributed by atoms with Crippen LogP contribution in [0.2, 0.25) is 0 Å². The molecule has 0 spiro atoms. The number of nitrogens with one attached hydrogen (secondary N) is 1. The third-order valence-corrected chi connectivity index (χ3v) is 4.70. The van der Waals surface area contributed by atoms with E-state index in [9.17, 15) is 0 Å². The summed E-state index contributed by atoms with van der Waals surface area (Å²) in [6.45, 7) is 5.57. The van der Waals surface area contributed by atoms with E-state index in [-0.39, 0.29) is 0 Å². The van der Waals surface area contributed by atoms with E-state index in [0.29, 0.717) is 6.04 Å². The Kier molecular flexibility index (Phi) is 5.87. The van der Waals surface area contributed by atoms with Crippen molar-refractivity contribution in [3.63, 3.8) is 0 Å². The maximum absolute atomic E-state index is 3.60. The lowest BCUT2D eigenvalue weighted by Gasteiger charge is -2.16. The maximum atomic E-state index is 3.60. The molecule has 2 rings (SSSR count). The fraction of sp³-hybridized carbons (Fsp3) is 0.529. The van der Waals surface area contributed by atoms with Crippen molar-refractivity contribution < 1.29 is 0 Å². The Hall–Kier alpha value is -0.860. The van der Waals surface area contributed by atoms with Crippen LogP contribution in [0.1, 0.15) is 45.1 Å². The lowest BCUT2D eigenvalue weighted by molar-refractivity contribution is 0.448. The van der Waals surface area contributed by atoms with E-state index in [2.05, 4.69) is 48.8 Å². The zero-order chi connectivity index (χ0) is 13.5. The zero-order valence-electron chi connectivity index (χ0n) is 12.1. The largest absolute Gasteiger partial charge is 0.314 e. The molecule has 0 bridgehead atoms. The normalized spacial score (nSPS) is 12.9. The molecule has 2 heteroatoms. The number of fused-ring (bicyclic) bond motifs is 1. The number of thiophene rings is 1. The second kappa shape index (κ2) is 7.66. The highest BCUT2D eigenvalue weighted by molar-refractivity contribution is 7.17. The highest BCUT2D eigenvalue weighted by Crippen LogP contribution is 2.27. The number of hydrogen-bond donors (Lipinski definition) is 1. The lowest BCUT2D eigenvalue weighted by Crippen LogP contribution is -2.28. The van der Waals surface area contributed by atoms with Gasteiger partial charge in [-0.2, -0.15) is 0 Å². The number of rotatable bonds is 8. The second-order valence-corrected chi connectivity index (χ2v) is 6.10. The first kappa shape index (κ1) is 14.5. The number of aryl methyl sites for hydroxylation is 1. The van der Waals surface area contributed by atoms with Gasteiger partial charge in [-0.15, -0.1) is 11.3 Å². The molecule has 0 aliphatic carbocycles. The first-order valence-corrected chi connectivity index (χ1v) is 8.41. The Labute approximate surface area is 121 Å². The van der Waals surface area contributed by atoms with Gasteiger partial charge in [-0.3, -0.25) is 0 Å². The summed E-state index contributed by atoms with van der Waals surface area (Å²) in [7, 11) is 0. The SMILES string of the molecule is CCCC(CCCc1csc2ccccc12)NCC. The summed E-state index contributed by atoms with van der Waals surface area (Å²) in [5.74, 6) is 0. The quantitative estimate of drug-likeness (QED) is 0.714. The predicted octanol–water partition coefficient (Wildman–Crippen LogP) is 5.00. The Bertz CT molecular complexity index is 483. The fourth-order valence-corrected chi connectivity index (χ4v) is 3.75. The van der Waals surface area contributed by atoms with Gasteiger partial charge >= 0.3 is 0 Å². The monoisotopic (exact) mass is 275 g/mol. The van der Waals surface area contributed by atoms with Crippen LogP contribution in [-0.4, -0.2) is 12.6 Å². The van der Waals surface area contributed by atoms with Gasteiger partial charge in [0.25, 0.3) is 0 Å². The minimum absolute atomic E-state index is 0.708. The summed E-state index contributed by atoms with van der Waals surface area (Å²) in [5, 5.41) is 7.40. The van der Waals surface area contributed by atoms with E-state index in [1.165, 1.54) is 47.8 Å². The van der Waals surface area contributed by atoms with Gasteiger partial charge in [-0.05, 0) is 54.6 Å². The van der Waals surface area contributed by atoms with E-state index in [0.717, 1.165) is 6.54 Å². The molecule has 1 aromatic carbocycles. The molecule has 1 nitrogen and oxygen atoms in total. The molecular formula is C17H25NS. The molecular weight excluding hydrogens is 250 g/mol. The highest BCUT2D eigenvalue weighted by Gasteiger charge is 2.07. The standard InChI is InChI=1S/C17H25NS/c1-3-8-15(18-4-2)10-7-9-14-13-19-17-12-6-5-11-16(14)17/h5-6,11-13,15,18H,3-4,7-10H2,1-2H3. The number of benzene rings is 1. The van der Waals surface area contributed by atoms with Crippen LogP contribution in [0.15, 0.2) is 29.6 Å². The maximum Gasteiger partial charge on any atom is 0.0345 e. The van der Waals surface area contributed by atoms with Crippen LogP contribution >= 0.6 is 11.3 Å². The fourth-order valence-electron chi connectivity index (χ4n) is 2.75. The van der Waals surface area contributed by atoms with Crippen LogP contribution in [0, 0.1) is 0 Å². The summed E-state index contributed by atoms with van der Waals surface area (Å²) >= 11 is 1.88. The topological polar surface area (TPSA) is 12.0 Å². The summed E-state index contributed by atoms with van der Waals surface area (Å²) in [5.41, 5.74) is 1.53. The molecule has 1 atom stereocenters. The van der Waals surface area contributed by atoms with Gasteiger partial charge in [0.05, 0.1) is 0 Å². The predicted molar refractivity (Wildman–Crippen MR) is 87.1 cm³/mol. The molecule has 1 N–H and O–H groups in total. The molecule has 0 amide bonds. The Balaban J connectivity index is 1.88. The molecule has 104 valence electrons. The molecule has 2 aromatic rings. The van der Waals surface area contributed by atoms with E-state index in [1.54, 1.807) is 0 Å². The molecule has 19 heavy (non-hydrogen) atoms. The Morgan fingerprint density at radius 2 is 2.00 bits per heavy atom. The molecule has 0 radical (unpaired) electrons. The molecule has 0 saturated heterocycles. The lowest BCUT2D eigenvalue weighted by atomic mass is 10.0. The van der Waals surface area contributed by atoms with Crippen molar-refractivity contribution in [1.29, 1.82) is 0 Å². The first-order valence-electron chi connectivity index (χ1n) is 7.53. The Morgan fingerprint density at radius 3 is 2.79 bits per heavy atom. The summed E-state index contributed by atoms with van der Waals surface area (Å²) < 4.78 is 1.43. The molecule has 0 aliphatic rings. The van der Waals surface area contributed by atoms with Crippen molar-refractivity contribution in [2.24, 2.45) is 0 Å². The van der Waals surface area contributed by atoms with Crippen molar-refractivity contribution in [2.75, 3.05) is 6.54 Å². The van der Waals surface area contributed by atoms with Crippen LogP contribution in [0.3, 0.4) is 0 Å². The Morgan fingerprint density at radius 1 is 1.16 bits per heavy atom. The summed E-state index contributed by atoms with van der Waals surface area (Å²) in [4.78, 5) is 0. The molecule has 0 aliphatic heterocycles. The van der Waals surface area contributed by atoms with Gasteiger partial charge in [-0.25, -0.2) is 0 Å². The summed E-state index contributed by atoms with van der Waals surface area (Å²) in [6, 6.07) is 9.47. The van der Waals surface area contributed by atoms with Gasteiger partial charge in [0.1, 0.15) is 0 Å². The first-order chi connectivity index (χ1) is 9.35. The van der Waals surface area contributed by atoms with Crippen LogP contribution in [0.25, 0.3) is 10.1 Å². The average Bonchev–Trinajstić information content (AvgIpc) is 2.83. The van der Waals surface area contributed by atoms with Crippen molar-refractivity contribution in [1.82, 2.24) is 5.32 Å². The van der Waals surface area contributed by atoms with Crippen molar-refractivity contribution >= 4 is 21.4 Å². The average molecular weight is 275 g/mol. The molecule has 0 saturated carbocycles. The van der Waals surface area contributed by atoms with Gasteiger partial charge in [0.2, 0.25) is 0 Å². The third-order valence-electron chi connectivity index (χ3n) is 3.69. The van der Waals surface area contributed by atoms with Gasteiger partial charge in [-0.1, -0.05) is 38.5 Å². The van der Waals surface area contributed by atoms with Crippen LogP contribution < -0.4 is 5.32 Å². The highest BCUT2D eigenvalue weighted by atomic mass is 32.1. The van der Waals surface area contributed by atoms with Gasteiger partial charge < -0.3 is 5.32 Å². The van der Waals surface area contributed by atoms with E-state index >= 15 is 0 Å². The molecule has 0 fully saturated rings. The van der Waals surface area contributed by atoms with Crippen molar-refractivity contribution in [2.45, 2.75) is 52.0 Å². The number of hydrogen-bond acceptors (Lipinski definition) is 2. The van der Waals surface area contributed by atoms with Gasteiger partial charge in [0, 0.05) is 10.7 Å². The van der Waals surface area contributed by atoms with Crippen LogP contribution in [-0.2, 0) is 6.42 Å². The minimum Gasteiger partial charge on any atom is -0.314 e. The van der Waals surface area contributed by atoms with Crippen molar-refractivity contribution in [3.05, 3.63) is 35.2 Å². The zero-order valence-corrected chi connectivity index (χ0v) is 12.9. The molecule has 1 unspecified atom stereocenters. The van der Waals surface area contributed by atoms with Crippen LogP contribution in [0.5, 0.6) is 0 Å². The summed E-state index contributed by atoms with van der Waals surface area (Å²) in [6.07, 6.45) is 6.39. The van der Waals surface area contributed by atoms with Gasteiger partial charge in [0.15, 0.2) is 0 Å². The van der Waals surface area contributed by atoms with E-state index < -0.39 is 0 Å². The minimum atomic E-state index is 0.708. The molecule has 1 heterocycles. The smallest absolute Gasteiger partial charge is 0.0345 e. The van der Waals surface area contributed by atoms with Crippen LogP contribution in [0.4, 0.5) is 0 Å². The third kappa shape index (κ3) is 4.05. The van der Waals surface area contributed by atoms with Crippen molar-refractivity contribution in [3.8, 4) is 0 Å².